The molecule has 0 spiro atoms. The Morgan fingerprint density at radius 2 is 1.90 bits per heavy atom. The number of nitrogens with one attached hydrogen (secondary N) is 1. The molecule has 1 aromatic rings. The summed E-state index contributed by atoms with van der Waals surface area (Å²) in [6.07, 6.45) is 0. The van der Waals surface area contributed by atoms with E-state index in [2.05, 4.69) is 14.8 Å². The largest absolute Gasteiger partial charge is 0.468 e. The van der Waals surface area contributed by atoms with E-state index in [0.717, 1.165) is 7.11 Å². The van der Waals surface area contributed by atoms with Gasteiger partial charge in [-0.25, -0.2) is 13.2 Å². The molecule has 110 valence electrons. The summed E-state index contributed by atoms with van der Waals surface area (Å²) in [5, 5.41) is 2.54. The molecular formula is C11H12ClNO6S. The van der Waals surface area contributed by atoms with Gasteiger partial charge < -0.3 is 14.8 Å². The van der Waals surface area contributed by atoms with Crippen LogP contribution in [-0.4, -0.2) is 41.1 Å². The van der Waals surface area contributed by atoms with E-state index in [-0.39, 0.29) is 17.8 Å². The summed E-state index contributed by atoms with van der Waals surface area (Å²) in [5.41, 5.74) is -0.217. The molecule has 0 saturated carbocycles. The molecule has 0 atom stereocenters. The molecule has 9 heteroatoms. The molecule has 7 nitrogen and oxygen atoms in total. The van der Waals surface area contributed by atoms with Gasteiger partial charge in [-0.05, 0) is 12.1 Å². The molecule has 0 aromatic heterocycles. The van der Waals surface area contributed by atoms with E-state index in [1.54, 1.807) is 0 Å². The minimum atomic E-state index is -4.22. The lowest BCUT2D eigenvalue weighted by Crippen LogP contribution is -2.17. The molecule has 0 heterocycles. The van der Waals surface area contributed by atoms with Gasteiger partial charge in [-0.1, -0.05) is 6.07 Å². The van der Waals surface area contributed by atoms with Crippen molar-refractivity contribution in [3.05, 3.63) is 23.8 Å². The van der Waals surface area contributed by atoms with Crippen molar-refractivity contribution in [2.24, 2.45) is 0 Å². The average molecular weight is 322 g/mol. The van der Waals surface area contributed by atoms with Crippen molar-refractivity contribution in [2.45, 2.75) is 4.90 Å². The SMILES string of the molecule is COC(=O)CNc1cccc(C(=O)OC)c1S(=O)(=O)Cl. The molecule has 0 aliphatic rings. The molecule has 0 aliphatic heterocycles. The Kier molecular flexibility index (Phi) is 5.34. The monoisotopic (exact) mass is 321 g/mol. The number of anilines is 1. The van der Waals surface area contributed by atoms with Crippen LogP contribution in [0, 0.1) is 0 Å². The number of rotatable bonds is 5. The van der Waals surface area contributed by atoms with Crippen LogP contribution in [0.4, 0.5) is 5.69 Å². The molecule has 0 aliphatic carbocycles. The summed E-state index contributed by atoms with van der Waals surface area (Å²) in [6, 6.07) is 4.05. The van der Waals surface area contributed by atoms with E-state index in [4.69, 9.17) is 10.7 Å². The molecule has 20 heavy (non-hydrogen) atoms. The van der Waals surface area contributed by atoms with Crippen molar-refractivity contribution in [1.29, 1.82) is 0 Å². The van der Waals surface area contributed by atoms with Gasteiger partial charge in [-0.2, -0.15) is 0 Å². The van der Waals surface area contributed by atoms with Crippen molar-refractivity contribution < 1.29 is 27.5 Å². The van der Waals surface area contributed by atoms with Crippen LogP contribution in [0.3, 0.4) is 0 Å². The van der Waals surface area contributed by atoms with Gasteiger partial charge in [0.25, 0.3) is 9.05 Å². The van der Waals surface area contributed by atoms with Gasteiger partial charge >= 0.3 is 11.9 Å². The molecule has 0 fully saturated rings. The minimum absolute atomic E-state index is 0.00769. The van der Waals surface area contributed by atoms with Crippen LogP contribution in [0.1, 0.15) is 10.4 Å². The summed E-state index contributed by atoms with van der Waals surface area (Å²) in [4.78, 5) is 22.2. The number of benzene rings is 1. The Labute approximate surface area is 120 Å². The lowest BCUT2D eigenvalue weighted by molar-refractivity contribution is -0.138. The standard InChI is InChI=1S/C11H12ClNO6S/c1-18-9(14)6-13-8-5-3-4-7(11(15)19-2)10(8)20(12,16)17/h3-5,13H,6H2,1-2H3. The summed E-state index contributed by atoms with van der Waals surface area (Å²) < 4.78 is 32.1. The van der Waals surface area contributed by atoms with E-state index < -0.39 is 25.9 Å². The highest BCUT2D eigenvalue weighted by Crippen LogP contribution is 2.29. The number of halogens is 1. The fourth-order valence-corrected chi connectivity index (χ4v) is 2.76. The maximum atomic E-state index is 11.6. The number of ether oxygens (including phenoxy) is 2. The summed E-state index contributed by atoms with van der Waals surface area (Å²) in [5.74, 6) is -1.46. The van der Waals surface area contributed by atoms with Crippen molar-refractivity contribution in [3.8, 4) is 0 Å². The molecule has 0 unspecified atom stereocenters. The van der Waals surface area contributed by atoms with Crippen LogP contribution in [0.15, 0.2) is 23.1 Å². The molecule has 1 rings (SSSR count). The van der Waals surface area contributed by atoms with Crippen molar-refractivity contribution in [2.75, 3.05) is 26.1 Å². The molecule has 0 bridgehead atoms. The Bertz CT molecular complexity index is 628. The minimum Gasteiger partial charge on any atom is -0.468 e. The van der Waals surface area contributed by atoms with Gasteiger partial charge in [0.15, 0.2) is 0 Å². The van der Waals surface area contributed by atoms with Crippen LogP contribution < -0.4 is 5.32 Å². The van der Waals surface area contributed by atoms with Crippen LogP contribution in [0.5, 0.6) is 0 Å². The van der Waals surface area contributed by atoms with Gasteiger partial charge in [-0.3, -0.25) is 4.79 Å². The number of hydrogen-bond donors (Lipinski definition) is 1. The first-order valence-corrected chi connectivity index (χ1v) is 7.59. The third kappa shape index (κ3) is 3.84. The molecule has 0 amide bonds. The topological polar surface area (TPSA) is 98.8 Å². The first-order chi connectivity index (χ1) is 9.31. The second kappa shape index (κ2) is 6.58. The van der Waals surface area contributed by atoms with Crippen LogP contribution in [0.25, 0.3) is 0 Å². The zero-order valence-corrected chi connectivity index (χ0v) is 12.2. The lowest BCUT2D eigenvalue weighted by Gasteiger charge is -2.12. The number of carbonyl (C=O) groups is 2. The second-order valence-electron chi connectivity index (χ2n) is 3.54. The van der Waals surface area contributed by atoms with Gasteiger partial charge in [0, 0.05) is 10.7 Å². The van der Waals surface area contributed by atoms with Gasteiger partial charge in [0.1, 0.15) is 11.4 Å². The fourth-order valence-electron chi connectivity index (χ4n) is 1.45. The fraction of sp³-hybridized carbons (Fsp3) is 0.273. The quantitative estimate of drug-likeness (QED) is 0.637. The molecule has 1 aromatic carbocycles. The van der Waals surface area contributed by atoms with E-state index >= 15 is 0 Å². The van der Waals surface area contributed by atoms with E-state index in [1.807, 2.05) is 0 Å². The first kappa shape index (κ1) is 16.3. The molecular weight excluding hydrogens is 310 g/mol. The van der Waals surface area contributed by atoms with Crippen LogP contribution in [0.2, 0.25) is 0 Å². The summed E-state index contributed by atoms with van der Waals surface area (Å²) in [7, 11) is 3.41. The summed E-state index contributed by atoms with van der Waals surface area (Å²) >= 11 is 0. The number of carbonyl (C=O) groups excluding carboxylic acids is 2. The smallest absolute Gasteiger partial charge is 0.339 e. The Morgan fingerprint density at radius 3 is 2.40 bits per heavy atom. The highest BCUT2D eigenvalue weighted by atomic mass is 35.7. The third-order valence-electron chi connectivity index (χ3n) is 2.32. The van der Waals surface area contributed by atoms with E-state index in [1.165, 1.54) is 25.3 Å². The Hall–Kier alpha value is -1.80. The number of esters is 2. The Balaban J connectivity index is 3.31. The predicted octanol–water partition coefficient (Wildman–Crippen LogP) is 0.986. The van der Waals surface area contributed by atoms with Gasteiger partial charge in [-0.15, -0.1) is 0 Å². The van der Waals surface area contributed by atoms with Crippen molar-refractivity contribution >= 4 is 37.4 Å². The van der Waals surface area contributed by atoms with Crippen molar-refractivity contribution in [1.82, 2.24) is 0 Å². The van der Waals surface area contributed by atoms with Crippen LogP contribution >= 0.6 is 10.7 Å². The predicted molar refractivity (Wildman–Crippen MR) is 71.3 cm³/mol. The highest BCUT2D eigenvalue weighted by Gasteiger charge is 2.25. The molecule has 0 radical (unpaired) electrons. The maximum Gasteiger partial charge on any atom is 0.339 e. The summed E-state index contributed by atoms with van der Waals surface area (Å²) in [6.45, 7) is -0.277. The Morgan fingerprint density at radius 1 is 1.25 bits per heavy atom. The van der Waals surface area contributed by atoms with Gasteiger partial charge in [0.05, 0.1) is 25.5 Å². The third-order valence-corrected chi connectivity index (χ3v) is 3.71. The number of hydrogen-bond acceptors (Lipinski definition) is 7. The van der Waals surface area contributed by atoms with E-state index in [0.29, 0.717) is 0 Å². The zero-order chi connectivity index (χ0) is 15.3. The normalized spacial score (nSPS) is 10.8. The highest BCUT2D eigenvalue weighted by molar-refractivity contribution is 8.14. The van der Waals surface area contributed by atoms with Gasteiger partial charge in [0.2, 0.25) is 0 Å². The molecule has 1 N–H and O–H groups in total. The maximum absolute atomic E-state index is 11.6. The number of methoxy groups -OCH3 is 2. The zero-order valence-electron chi connectivity index (χ0n) is 10.7. The average Bonchev–Trinajstić information content (AvgIpc) is 2.42. The second-order valence-corrected chi connectivity index (χ2v) is 6.04. The van der Waals surface area contributed by atoms with E-state index in [9.17, 15) is 18.0 Å². The van der Waals surface area contributed by atoms with Crippen LogP contribution in [-0.2, 0) is 23.3 Å². The van der Waals surface area contributed by atoms with Crippen molar-refractivity contribution in [3.63, 3.8) is 0 Å². The lowest BCUT2D eigenvalue weighted by atomic mass is 10.2. The molecule has 0 saturated heterocycles. The first-order valence-electron chi connectivity index (χ1n) is 5.28.